The third-order valence-electron chi connectivity index (χ3n) is 2.27. The molecule has 2 aromatic rings. The van der Waals surface area contributed by atoms with Crippen molar-refractivity contribution in [3.05, 3.63) is 22.9 Å². The minimum Gasteiger partial charge on any atom is -0.494 e. The highest BCUT2D eigenvalue weighted by Crippen LogP contribution is 2.27. The molecule has 4 nitrogen and oxygen atoms in total. The zero-order valence-electron chi connectivity index (χ0n) is 8.40. The van der Waals surface area contributed by atoms with Gasteiger partial charge >= 0.3 is 0 Å². The smallest absolute Gasteiger partial charge is 0.178 e. The third kappa shape index (κ3) is 1.72. The van der Waals surface area contributed by atoms with E-state index in [0.29, 0.717) is 6.54 Å². The predicted molar refractivity (Wildman–Crippen MR) is 63.0 cm³/mol. The number of nitrogens with two attached hydrogens (primary N) is 1. The molecule has 0 aliphatic heterocycles. The fourth-order valence-electron chi connectivity index (χ4n) is 1.60. The molecule has 0 spiro atoms. The van der Waals surface area contributed by atoms with E-state index in [9.17, 15) is 0 Å². The molecule has 1 aromatic carbocycles. The molecule has 0 aliphatic carbocycles. The van der Waals surface area contributed by atoms with Crippen molar-refractivity contribution in [2.24, 2.45) is 5.73 Å². The Hall–Kier alpha value is -1.07. The number of aromatic nitrogens is 2. The quantitative estimate of drug-likeness (QED) is 0.924. The molecule has 0 unspecified atom stereocenters. The summed E-state index contributed by atoms with van der Waals surface area (Å²) in [5.74, 6) is 0.781. The first-order valence-corrected chi connectivity index (χ1v) is 5.46. The number of methoxy groups -OCH3 is 1. The molecule has 0 saturated heterocycles. The van der Waals surface area contributed by atoms with Crippen LogP contribution in [0.1, 0.15) is 0 Å². The van der Waals surface area contributed by atoms with Crippen molar-refractivity contribution in [2.75, 3.05) is 13.7 Å². The summed E-state index contributed by atoms with van der Waals surface area (Å²) in [5.41, 5.74) is 7.44. The Morgan fingerprint density at radius 2 is 2.33 bits per heavy atom. The Morgan fingerprint density at radius 1 is 1.53 bits per heavy atom. The molecule has 0 saturated carbocycles. The average Bonchev–Trinajstić information content (AvgIpc) is 2.56. The van der Waals surface area contributed by atoms with E-state index in [1.807, 2.05) is 22.8 Å². The van der Waals surface area contributed by atoms with E-state index >= 15 is 0 Å². The number of hydrogen-bond acceptors (Lipinski definition) is 3. The van der Waals surface area contributed by atoms with Gasteiger partial charge in [-0.1, -0.05) is 6.07 Å². The lowest BCUT2D eigenvalue weighted by atomic mass is 10.3. The average molecular weight is 270 g/mol. The Balaban J connectivity index is 2.67. The fraction of sp³-hybridized carbons (Fsp3) is 0.300. The second kappa shape index (κ2) is 4.20. The van der Waals surface area contributed by atoms with Crippen LogP contribution in [0, 0.1) is 0 Å². The highest BCUT2D eigenvalue weighted by Gasteiger charge is 2.10. The predicted octanol–water partition coefficient (Wildman–Crippen LogP) is 1.77. The summed E-state index contributed by atoms with van der Waals surface area (Å²) < 4.78 is 8.06. The van der Waals surface area contributed by atoms with Crippen molar-refractivity contribution in [3.8, 4) is 5.75 Å². The van der Waals surface area contributed by atoms with Crippen molar-refractivity contribution in [2.45, 2.75) is 6.54 Å². The molecular formula is C10H12BrN3O. The molecule has 0 aliphatic rings. The van der Waals surface area contributed by atoms with Gasteiger partial charge in [-0.2, -0.15) is 0 Å². The van der Waals surface area contributed by atoms with E-state index in [-0.39, 0.29) is 0 Å². The summed E-state index contributed by atoms with van der Waals surface area (Å²) in [6.07, 6.45) is 0. The largest absolute Gasteiger partial charge is 0.494 e. The number of halogens is 1. The molecule has 0 fully saturated rings. The van der Waals surface area contributed by atoms with Crippen LogP contribution in [0.15, 0.2) is 22.9 Å². The third-order valence-corrected chi connectivity index (χ3v) is 2.87. The molecule has 80 valence electrons. The van der Waals surface area contributed by atoms with Crippen LogP contribution in [0.25, 0.3) is 11.0 Å². The first-order valence-electron chi connectivity index (χ1n) is 4.66. The Labute approximate surface area is 96.2 Å². The molecule has 2 rings (SSSR count). The molecular weight excluding hydrogens is 258 g/mol. The first-order chi connectivity index (χ1) is 7.27. The lowest BCUT2D eigenvalue weighted by Crippen LogP contribution is -2.09. The first kappa shape index (κ1) is 10.4. The van der Waals surface area contributed by atoms with Gasteiger partial charge in [0.25, 0.3) is 0 Å². The van der Waals surface area contributed by atoms with E-state index in [1.54, 1.807) is 7.11 Å². The van der Waals surface area contributed by atoms with E-state index in [4.69, 9.17) is 10.5 Å². The molecule has 0 radical (unpaired) electrons. The summed E-state index contributed by atoms with van der Waals surface area (Å²) in [4.78, 5) is 4.40. The Kier molecular flexibility index (Phi) is 2.93. The normalized spacial score (nSPS) is 10.9. The van der Waals surface area contributed by atoms with Gasteiger partial charge in [0.15, 0.2) is 4.73 Å². The number of nitrogens with zero attached hydrogens (tertiary/aromatic N) is 2. The van der Waals surface area contributed by atoms with Crippen LogP contribution in [-0.2, 0) is 6.54 Å². The molecule has 5 heteroatoms. The SMILES string of the molecule is COc1cccc2c1nc(Br)n2CCN. The van der Waals surface area contributed by atoms with Crippen LogP contribution in [-0.4, -0.2) is 23.2 Å². The minimum atomic E-state index is 0.585. The molecule has 2 N–H and O–H groups in total. The number of imidazole rings is 1. The van der Waals surface area contributed by atoms with Crippen molar-refractivity contribution >= 4 is 27.0 Å². The number of rotatable bonds is 3. The van der Waals surface area contributed by atoms with Crippen LogP contribution in [0.5, 0.6) is 5.75 Å². The second-order valence-corrected chi connectivity index (χ2v) is 3.86. The summed E-state index contributed by atoms with van der Waals surface area (Å²) >= 11 is 3.41. The summed E-state index contributed by atoms with van der Waals surface area (Å²) in [6.45, 7) is 1.32. The van der Waals surface area contributed by atoms with Gasteiger partial charge in [0.2, 0.25) is 0 Å². The maximum Gasteiger partial charge on any atom is 0.178 e. The van der Waals surface area contributed by atoms with E-state index in [1.165, 1.54) is 0 Å². The Bertz CT molecular complexity index is 481. The number of ether oxygens (including phenoxy) is 1. The van der Waals surface area contributed by atoms with Gasteiger partial charge < -0.3 is 15.0 Å². The van der Waals surface area contributed by atoms with E-state index in [2.05, 4.69) is 20.9 Å². The van der Waals surface area contributed by atoms with Crippen LogP contribution < -0.4 is 10.5 Å². The van der Waals surface area contributed by atoms with Gasteiger partial charge in [0.1, 0.15) is 11.3 Å². The van der Waals surface area contributed by atoms with Crippen LogP contribution in [0.3, 0.4) is 0 Å². The van der Waals surface area contributed by atoms with E-state index < -0.39 is 0 Å². The van der Waals surface area contributed by atoms with Crippen molar-refractivity contribution in [3.63, 3.8) is 0 Å². The maximum atomic E-state index is 5.55. The monoisotopic (exact) mass is 269 g/mol. The summed E-state index contributed by atoms with van der Waals surface area (Å²) in [7, 11) is 1.64. The molecule has 0 atom stereocenters. The number of benzene rings is 1. The minimum absolute atomic E-state index is 0.585. The van der Waals surface area contributed by atoms with Gasteiger partial charge in [0.05, 0.1) is 12.6 Å². The summed E-state index contributed by atoms with van der Waals surface area (Å²) in [5, 5.41) is 0. The maximum absolute atomic E-state index is 5.55. The van der Waals surface area contributed by atoms with Crippen LogP contribution in [0.2, 0.25) is 0 Å². The fourth-order valence-corrected chi connectivity index (χ4v) is 2.15. The lowest BCUT2D eigenvalue weighted by molar-refractivity contribution is 0.419. The van der Waals surface area contributed by atoms with Gasteiger partial charge in [-0.05, 0) is 28.1 Å². The lowest BCUT2D eigenvalue weighted by Gasteiger charge is -2.03. The number of hydrogen-bond donors (Lipinski definition) is 1. The highest BCUT2D eigenvalue weighted by atomic mass is 79.9. The molecule has 1 aromatic heterocycles. The number of para-hydroxylation sites is 1. The molecule has 15 heavy (non-hydrogen) atoms. The second-order valence-electron chi connectivity index (χ2n) is 3.15. The zero-order chi connectivity index (χ0) is 10.8. The van der Waals surface area contributed by atoms with Gasteiger partial charge in [0, 0.05) is 13.1 Å². The molecule has 1 heterocycles. The van der Waals surface area contributed by atoms with Crippen molar-refractivity contribution in [1.82, 2.24) is 9.55 Å². The van der Waals surface area contributed by atoms with Crippen LogP contribution >= 0.6 is 15.9 Å². The molecule has 0 amide bonds. The number of fused-ring (bicyclic) bond motifs is 1. The summed E-state index contributed by atoms with van der Waals surface area (Å²) in [6, 6.07) is 5.85. The standard InChI is InChI=1S/C10H12BrN3O/c1-15-8-4-2-3-7-9(8)13-10(11)14(7)6-5-12/h2-4H,5-6,12H2,1H3. The van der Waals surface area contributed by atoms with Gasteiger partial charge in [-0.25, -0.2) is 4.98 Å². The highest BCUT2D eigenvalue weighted by molar-refractivity contribution is 9.10. The van der Waals surface area contributed by atoms with Crippen molar-refractivity contribution in [1.29, 1.82) is 0 Å². The van der Waals surface area contributed by atoms with Crippen molar-refractivity contribution < 1.29 is 4.74 Å². The topological polar surface area (TPSA) is 53.1 Å². The van der Waals surface area contributed by atoms with Gasteiger partial charge in [-0.3, -0.25) is 0 Å². The Morgan fingerprint density at radius 3 is 3.00 bits per heavy atom. The van der Waals surface area contributed by atoms with E-state index in [0.717, 1.165) is 28.1 Å². The van der Waals surface area contributed by atoms with Gasteiger partial charge in [-0.15, -0.1) is 0 Å². The zero-order valence-corrected chi connectivity index (χ0v) is 9.99. The molecule has 0 bridgehead atoms. The van der Waals surface area contributed by atoms with Crippen LogP contribution in [0.4, 0.5) is 0 Å².